The number of ether oxygens (including phenoxy) is 2. The van der Waals surface area contributed by atoms with Crippen LogP contribution in [-0.2, 0) is 9.47 Å². The zero-order chi connectivity index (χ0) is 14.2. The molecule has 0 aromatic carbocycles. The van der Waals surface area contributed by atoms with Gasteiger partial charge < -0.3 is 9.47 Å². The van der Waals surface area contributed by atoms with Crippen LogP contribution in [0, 0.1) is 0 Å². The van der Waals surface area contributed by atoms with Crippen LogP contribution >= 0.6 is 45.2 Å². The topological polar surface area (TPSA) is 35.5 Å². The Morgan fingerprint density at radius 2 is 1.28 bits per heavy atom. The lowest BCUT2D eigenvalue weighted by Gasteiger charge is -2.26. The zero-order valence-electron chi connectivity index (χ0n) is 10.0. The zero-order valence-corrected chi connectivity index (χ0v) is 14.3. The Kier molecular flexibility index (Phi) is 7.84. The van der Waals surface area contributed by atoms with Crippen molar-refractivity contribution in [2.75, 3.05) is 0 Å². The first kappa shape index (κ1) is 17.7. The van der Waals surface area contributed by atoms with Gasteiger partial charge >= 0.3 is 6.16 Å². The molecule has 0 aromatic rings. The van der Waals surface area contributed by atoms with E-state index in [4.69, 9.17) is 9.47 Å². The van der Waals surface area contributed by atoms with Gasteiger partial charge in [-0.05, 0) is 57.3 Å². The molecule has 100 valence electrons. The van der Waals surface area contributed by atoms with E-state index in [-0.39, 0.29) is 0 Å². The summed E-state index contributed by atoms with van der Waals surface area (Å²) in [6.07, 6.45) is 6.50. The Labute approximate surface area is 135 Å². The molecule has 0 saturated carbocycles. The maximum absolute atomic E-state index is 11.7. The minimum Gasteiger partial charge on any atom is -0.412 e. The van der Waals surface area contributed by atoms with E-state index in [1.54, 1.807) is 12.2 Å². The monoisotopic (exact) mass is 474 g/mol. The molecule has 5 heteroatoms. The highest BCUT2D eigenvalue weighted by Crippen LogP contribution is 2.31. The molecule has 0 fully saturated rings. The first-order chi connectivity index (χ1) is 8.34. The van der Waals surface area contributed by atoms with E-state index in [2.05, 4.69) is 26.3 Å². The van der Waals surface area contributed by atoms with E-state index in [1.165, 1.54) is 12.2 Å². The SMILES string of the molecule is C=CCC(I)(C=C)OC(=O)OC(I)(C=C)CC=C. The van der Waals surface area contributed by atoms with E-state index in [0.29, 0.717) is 12.8 Å². The third kappa shape index (κ3) is 6.03. The molecular formula is C13H16I2O3. The van der Waals surface area contributed by atoms with Crippen molar-refractivity contribution in [3.63, 3.8) is 0 Å². The van der Waals surface area contributed by atoms with Gasteiger partial charge in [0.2, 0.25) is 0 Å². The van der Waals surface area contributed by atoms with Gasteiger partial charge in [0.15, 0.2) is 7.22 Å². The molecular weight excluding hydrogens is 458 g/mol. The van der Waals surface area contributed by atoms with Gasteiger partial charge in [-0.1, -0.05) is 25.3 Å². The molecule has 0 rings (SSSR count). The average Bonchev–Trinajstić information content (AvgIpc) is 2.29. The third-order valence-corrected chi connectivity index (χ3v) is 4.16. The summed E-state index contributed by atoms with van der Waals surface area (Å²) < 4.78 is 8.75. The van der Waals surface area contributed by atoms with Crippen LogP contribution in [-0.4, -0.2) is 13.4 Å². The summed E-state index contributed by atoms with van der Waals surface area (Å²) in [7, 11) is 0. The summed E-state index contributed by atoms with van der Waals surface area (Å²) >= 11 is 3.96. The first-order valence-corrected chi connectivity index (χ1v) is 7.29. The van der Waals surface area contributed by atoms with Gasteiger partial charge in [-0.3, -0.25) is 0 Å². The largest absolute Gasteiger partial charge is 0.511 e. The van der Waals surface area contributed by atoms with Crippen molar-refractivity contribution in [3.05, 3.63) is 50.6 Å². The second-order valence-corrected chi connectivity index (χ2v) is 7.07. The number of alkyl halides is 2. The fourth-order valence-electron chi connectivity index (χ4n) is 1.02. The van der Waals surface area contributed by atoms with Crippen LogP contribution in [0.3, 0.4) is 0 Å². The summed E-state index contributed by atoms with van der Waals surface area (Å²) in [4.78, 5) is 11.7. The number of hydrogen-bond acceptors (Lipinski definition) is 3. The molecule has 0 aliphatic carbocycles. The van der Waals surface area contributed by atoms with Crippen molar-refractivity contribution >= 4 is 51.3 Å². The lowest BCUT2D eigenvalue weighted by Crippen LogP contribution is -2.31. The average molecular weight is 474 g/mol. The molecule has 0 N–H and O–H groups in total. The molecule has 0 radical (unpaired) electrons. The number of rotatable bonds is 8. The molecule has 0 spiro atoms. The molecule has 0 saturated heterocycles. The molecule has 0 heterocycles. The Hall–Kier alpha value is -0.310. The maximum atomic E-state index is 11.7. The van der Waals surface area contributed by atoms with Gasteiger partial charge in [0, 0.05) is 12.8 Å². The van der Waals surface area contributed by atoms with Gasteiger partial charge in [-0.25, -0.2) is 4.79 Å². The minimum atomic E-state index is -0.844. The van der Waals surface area contributed by atoms with E-state index < -0.39 is 13.4 Å². The van der Waals surface area contributed by atoms with Gasteiger partial charge in [-0.2, -0.15) is 0 Å². The predicted molar refractivity (Wildman–Crippen MR) is 91.1 cm³/mol. The summed E-state index contributed by atoms with van der Waals surface area (Å²) in [5.74, 6) is 0. The van der Waals surface area contributed by atoms with E-state index in [0.717, 1.165) is 0 Å². The van der Waals surface area contributed by atoms with Crippen LogP contribution in [0.2, 0.25) is 0 Å². The molecule has 3 nitrogen and oxygen atoms in total. The highest BCUT2D eigenvalue weighted by atomic mass is 127. The normalized spacial score (nSPS) is 16.6. The van der Waals surface area contributed by atoms with Gasteiger partial charge in [0.25, 0.3) is 0 Å². The minimum absolute atomic E-state index is 0.454. The Balaban J connectivity index is 4.67. The molecule has 18 heavy (non-hydrogen) atoms. The van der Waals surface area contributed by atoms with Crippen molar-refractivity contribution in [1.82, 2.24) is 0 Å². The van der Waals surface area contributed by atoms with Crippen LogP contribution in [0.1, 0.15) is 12.8 Å². The second kappa shape index (κ2) is 7.98. The quantitative estimate of drug-likeness (QED) is 0.217. The summed E-state index contributed by atoms with van der Waals surface area (Å²) in [6, 6.07) is 0. The molecule has 0 aliphatic heterocycles. The van der Waals surface area contributed by atoms with Crippen molar-refractivity contribution in [1.29, 1.82) is 0 Å². The second-order valence-electron chi connectivity index (χ2n) is 3.42. The van der Waals surface area contributed by atoms with E-state index in [1.807, 2.05) is 45.2 Å². The fraction of sp³-hybridized carbons (Fsp3) is 0.308. The van der Waals surface area contributed by atoms with E-state index >= 15 is 0 Å². The van der Waals surface area contributed by atoms with Crippen molar-refractivity contribution in [2.24, 2.45) is 0 Å². The lowest BCUT2D eigenvalue weighted by molar-refractivity contribution is 0.0136. The molecule has 0 bridgehead atoms. The summed E-state index contributed by atoms with van der Waals surface area (Å²) in [5.41, 5.74) is 0. The Bertz CT molecular complexity index is 322. The lowest BCUT2D eigenvalue weighted by atomic mass is 10.2. The first-order valence-electron chi connectivity index (χ1n) is 5.13. The smallest absolute Gasteiger partial charge is 0.412 e. The predicted octanol–water partition coefficient (Wildman–Crippen LogP) is 4.93. The van der Waals surface area contributed by atoms with Crippen LogP contribution < -0.4 is 0 Å². The molecule has 2 unspecified atom stereocenters. The van der Waals surface area contributed by atoms with Crippen LogP contribution in [0.15, 0.2) is 50.6 Å². The standard InChI is InChI=1S/C13H16I2O3/c1-5-9-12(14,7-3)17-11(16)18-13(15,8-4)10-6-2/h5-8H,1-4,9-10H2. The van der Waals surface area contributed by atoms with Crippen LogP contribution in [0.5, 0.6) is 0 Å². The fourth-order valence-corrected chi connectivity index (χ4v) is 2.01. The number of halogens is 2. The van der Waals surface area contributed by atoms with E-state index in [9.17, 15) is 4.79 Å². The van der Waals surface area contributed by atoms with Crippen LogP contribution in [0.4, 0.5) is 4.79 Å². The Morgan fingerprint density at radius 1 is 0.944 bits per heavy atom. The van der Waals surface area contributed by atoms with Crippen molar-refractivity contribution in [3.8, 4) is 0 Å². The number of carbonyl (C=O) groups excluding carboxylic acids is 1. The van der Waals surface area contributed by atoms with Crippen molar-refractivity contribution < 1.29 is 14.3 Å². The van der Waals surface area contributed by atoms with Crippen LogP contribution in [0.25, 0.3) is 0 Å². The summed E-state index contributed by atoms with van der Waals surface area (Å²) in [6.45, 7) is 14.5. The van der Waals surface area contributed by atoms with Gasteiger partial charge in [0.1, 0.15) is 0 Å². The number of hydrogen-bond donors (Lipinski definition) is 0. The summed E-state index contributed by atoms with van der Waals surface area (Å²) in [5, 5.41) is 0. The maximum Gasteiger partial charge on any atom is 0.511 e. The number of carbonyl (C=O) groups is 1. The highest BCUT2D eigenvalue weighted by Gasteiger charge is 2.32. The molecule has 2 atom stereocenters. The Morgan fingerprint density at radius 3 is 1.50 bits per heavy atom. The molecule has 0 amide bonds. The van der Waals surface area contributed by atoms with Gasteiger partial charge in [-0.15, -0.1) is 13.2 Å². The van der Waals surface area contributed by atoms with Gasteiger partial charge in [0.05, 0.1) is 0 Å². The molecule has 0 aliphatic rings. The van der Waals surface area contributed by atoms with Crippen molar-refractivity contribution in [2.45, 2.75) is 20.1 Å². The molecule has 0 aromatic heterocycles. The third-order valence-electron chi connectivity index (χ3n) is 1.96. The highest BCUT2D eigenvalue weighted by molar-refractivity contribution is 14.1.